The Bertz CT molecular complexity index is 1070. The molecule has 5 heteroatoms. The van der Waals surface area contributed by atoms with Crippen molar-refractivity contribution in [1.82, 2.24) is 0 Å². The van der Waals surface area contributed by atoms with Gasteiger partial charge in [-0.3, -0.25) is 0 Å². The molecule has 0 saturated carbocycles. The molecule has 0 aromatic heterocycles. The van der Waals surface area contributed by atoms with Crippen molar-refractivity contribution in [2.45, 2.75) is 0 Å². The third kappa shape index (κ3) is 4.36. The lowest BCUT2D eigenvalue weighted by molar-refractivity contribution is 1.08. The predicted octanol–water partition coefficient (Wildman–Crippen LogP) is 4.79. The molecule has 0 amide bonds. The minimum atomic E-state index is 1.19. The first-order chi connectivity index (χ1) is 14.6. The Morgan fingerprint density at radius 3 is 1.39 bits per heavy atom. The molecule has 164 valence electrons. The van der Waals surface area contributed by atoms with Gasteiger partial charge in [-0.25, -0.2) is 0 Å². The Hall–Kier alpha value is -2.71. The average molecular weight is 435 g/mol. The summed E-state index contributed by atoms with van der Waals surface area (Å²) in [5.41, 5.74) is 9.80. The first-order valence-corrected chi connectivity index (χ1v) is 11.1. The van der Waals surface area contributed by atoms with E-state index in [2.05, 4.69) is 140 Å². The summed E-state index contributed by atoms with van der Waals surface area (Å²) in [4.78, 5) is 8.80. The van der Waals surface area contributed by atoms with Crippen LogP contribution in [0, 0.1) is 0 Å². The summed E-state index contributed by atoms with van der Waals surface area (Å²) in [7, 11) is 19.8. The van der Waals surface area contributed by atoms with Crippen LogP contribution in [0.2, 0.25) is 0 Å². The zero-order chi connectivity index (χ0) is 22.9. The molecule has 3 aromatic carbocycles. The molecule has 0 fully saturated rings. The Morgan fingerprint density at radius 1 is 0.484 bits per heavy atom. The Labute approximate surface area is 190 Å². The minimum absolute atomic E-state index is 1.19. The summed E-state index contributed by atoms with van der Waals surface area (Å²) < 4.78 is 0. The summed E-state index contributed by atoms with van der Waals surface area (Å²) in [6.07, 6.45) is 0. The van der Waals surface area contributed by atoms with Crippen molar-refractivity contribution in [3.63, 3.8) is 0 Å². The van der Waals surface area contributed by atoms with E-state index < -0.39 is 0 Å². The van der Waals surface area contributed by atoms with Crippen molar-refractivity contribution >= 4 is 37.3 Å². The molecule has 31 heavy (non-hydrogen) atoms. The molecule has 0 heterocycles. The smallest absolute Gasteiger partial charge is 0.0678 e. The summed E-state index contributed by atoms with van der Waals surface area (Å²) in [6, 6.07) is 19.7. The lowest BCUT2D eigenvalue weighted by Crippen LogP contribution is -2.19. The quantitative estimate of drug-likeness (QED) is 0.518. The van der Waals surface area contributed by atoms with Crippen LogP contribution in [0.1, 0.15) is 0 Å². The maximum absolute atomic E-state index is 2.95. The van der Waals surface area contributed by atoms with Crippen LogP contribution < -0.4 is 24.9 Å². The van der Waals surface area contributed by atoms with Crippen molar-refractivity contribution in [2.75, 3.05) is 76.0 Å². The fourth-order valence-corrected chi connectivity index (χ4v) is 4.66. The van der Waals surface area contributed by atoms with E-state index in [1.54, 1.807) is 0 Å². The molecule has 0 bridgehead atoms. The molecule has 0 saturated heterocycles. The summed E-state index contributed by atoms with van der Waals surface area (Å²) in [6.45, 7) is 0. The highest BCUT2D eigenvalue weighted by Gasteiger charge is 2.21. The monoisotopic (exact) mass is 434 g/mol. The molecule has 1 atom stereocenters. The van der Waals surface area contributed by atoms with Crippen LogP contribution in [0.3, 0.4) is 0 Å². The van der Waals surface area contributed by atoms with Gasteiger partial charge in [0.05, 0.1) is 22.7 Å². The van der Waals surface area contributed by atoms with Gasteiger partial charge in [-0.1, -0.05) is 42.5 Å². The van der Waals surface area contributed by atoms with Gasteiger partial charge in [-0.15, -0.1) is 9.24 Å². The standard InChI is InChI=1S/C26H35N4P/c1-27(2)21-15-9-13-19(25(21)29(5)6)18-12-11-17-23(31)24(18)20-14-10-16-22(28(3)4)26(20)30(7)8/h9-17H,31H2,1-8H3. The molecule has 0 aliphatic carbocycles. The van der Waals surface area contributed by atoms with Gasteiger partial charge in [0.1, 0.15) is 0 Å². The van der Waals surface area contributed by atoms with Gasteiger partial charge in [0.2, 0.25) is 0 Å². The van der Waals surface area contributed by atoms with Crippen molar-refractivity contribution in [3.8, 4) is 22.3 Å². The maximum atomic E-state index is 2.95. The lowest BCUT2D eigenvalue weighted by Gasteiger charge is -2.29. The number of rotatable bonds is 6. The molecule has 0 radical (unpaired) electrons. The molecular weight excluding hydrogens is 399 g/mol. The molecule has 4 nitrogen and oxygen atoms in total. The third-order valence-corrected chi connectivity index (χ3v) is 6.02. The molecule has 0 spiro atoms. The van der Waals surface area contributed by atoms with E-state index in [1.807, 2.05) is 0 Å². The van der Waals surface area contributed by atoms with E-state index >= 15 is 0 Å². The number of anilines is 4. The van der Waals surface area contributed by atoms with Gasteiger partial charge in [0.25, 0.3) is 0 Å². The summed E-state index contributed by atoms with van der Waals surface area (Å²) in [5.74, 6) is 0. The van der Waals surface area contributed by atoms with E-state index in [9.17, 15) is 0 Å². The highest BCUT2D eigenvalue weighted by Crippen LogP contribution is 2.45. The molecule has 3 aromatic rings. The van der Waals surface area contributed by atoms with Crippen molar-refractivity contribution in [1.29, 1.82) is 0 Å². The molecule has 0 aliphatic rings. The van der Waals surface area contributed by atoms with Crippen molar-refractivity contribution in [2.24, 2.45) is 0 Å². The van der Waals surface area contributed by atoms with Crippen LogP contribution in [0.15, 0.2) is 54.6 Å². The van der Waals surface area contributed by atoms with E-state index in [1.165, 1.54) is 50.3 Å². The first kappa shape index (κ1) is 23.0. The second-order valence-corrected chi connectivity index (χ2v) is 9.32. The molecule has 0 aliphatic heterocycles. The summed E-state index contributed by atoms with van der Waals surface area (Å²) >= 11 is 0. The number of nitrogens with zero attached hydrogens (tertiary/aromatic N) is 4. The summed E-state index contributed by atoms with van der Waals surface area (Å²) in [5, 5.41) is 1.19. The molecule has 3 rings (SSSR count). The van der Waals surface area contributed by atoms with Crippen LogP contribution >= 0.6 is 9.24 Å². The Balaban J connectivity index is 2.41. The van der Waals surface area contributed by atoms with E-state index in [0.717, 1.165) is 0 Å². The molecule has 1 unspecified atom stereocenters. The van der Waals surface area contributed by atoms with Crippen LogP contribution in [-0.2, 0) is 0 Å². The van der Waals surface area contributed by atoms with Gasteiger partial charge in [0.15, 0.2) is 0 Å². The largest absolute Gasteiger partial charge is 0.376 e. The van der Waals surface area contributed by atoms with E-state index in [-0.39, 0.29) is 0 Å². The number of hydrogen-bond donors (Lipinski definition) is 0. The van der Waals surface area contributed by atoms with E-state index in [4.69, 9.17) is 0 Å². The lowest BCUT2D eigenvalue weighted by atomic mass is 9.91. The van der Waals surface area contributed by atoms with Gasteiger partial charge < -0.3 is 19.6 Å². The third-order valence-electron chi connectivity index (χ3n) is 5.54. The highest BCUT2D eigenvalue weighted by molar-refractivity contribution is 7.28. The molecular formula is C26H35N4P. The fourth-order valence-electron chi connectivity index (χ4n) is 4.24. The zero-order valence-corrected chi connectivity index (χ0v) is 21.2. The highest BCUT2D eigenvalue weighted by atomic mass is 31.0. The fraction of sp³-hybridized carbons (Fsp3) is 0.308. The van der Waals surface area contributed by atoms with Gasteiger partial charge >= 0.3 is 0 Å². The minimum Gasteiger partial charge on any atom is -0.376 e. The Kier molecular flexibility index (Phi) is 6.81. The van der Waals surface area contributed by atoms with Gasteiger partial charge in [0, 0.05) is 67.5 Å². The van der Waals surface area contributed by atoms with Crippen LogP contribution in [0.5, 0.6) is 0 Å². The van der Waals surface area contributed by atoms with Crippen molar-refractivity contribution < 1.29 is 0 Å². The van der Waals surface area contributed by atoms with Crippen LogP contribution in [-0.4, -0.2) is 56.4 Å². The predicted molar refractivity (Wildman–Crippen MR) is 144 cm³/mol. The first-order valence-electron chi connectivity index (χ1n) is 10.5. The normalized spacial score (nSPS) is 10.7. The number of para-hydroxylation sites is 2. The number of benzene rings is 3. The second-order valence-electron chi connectivity index (χ2n) is 8.69. The van der Waals surface area contributed by atoms with Crippen molar-refractivity contribution in [3.05, 3.63) is 54.6 Å². The van der Waals surface area contributed by atoms with E-state index in [0.29, 0.717) is 0 Å². The van der Waals surface area contributed by atoms with Crippen LogP contribution in [0.4, 0.5) is 22.7 Å². The Morgan fingerprint density at radius 2 is 0.903 bits per heavy atom. The van der Waals surface area contributed by atoms with Gasteiger partial charge in [-0.2, -0.15) is 0 Å². The topological polar surface area (TPSA) is 13.0 Å². The average Bonchev–Trinajstić information content (AvgIpc) is 2.72. The maximum Gasteiger partial charge on any atom is 0.0678 e. The van der Waals surface area contributed by atoms with Crippen LogP contribution in [0.25, 0.3) is 22.3 Å². The number of hydrogen-bond acceptors (Lipinski definition) is 4. The zero-order valence-electron chi connectivity index (χ0n) is 20.1. The second kappa shape index (κ2) is 9.20. The molecule has 0 N–H and O–H groups in total. The van der Waals surface area contributed by atoms with Gasteiger partial charge in [-0.05, 0) is 28.6 Å². The SMILES string of the molecule is CN(C)c1cccc(-c2cccc(P)c2-c2cccc(N(C)C)c2N(C)C)c1N(C)C.